The summed E-state index contributed by atoms with van der Waals surface area (Å²) in [5.74, 6) is -5.41. The summed E-state index contributed by atoms with van der Waals surface area (Å²) in [4.78, 5) is 41.5. The zero-order valence-electron chi connectivity index (χ0n) is 16.5. The first-order valence-corrected chi connectivity index (χ1v) is 10.5. The summed E-state index contributed by atoms with van der Waals surface area (Å²) >= 11 is 5.92. The molecule has 7 rings (SSSR count). The molecule has 1 N–H and O–H groups in total. The summed E-state index contributed by atoms with van der Waals surface area (Å²) in [7, 11) is 0. The number of carbonyl (C=O) groups excluding carboxylic acids is 2. The summed E-state index contributed by atoms with van der Waals surface area (Å²) < 4.78 is 13.7. The molecule has 5 nitrogen and oxygen atoms in total. The van der Waals surface area contributed by atoms with E-state index >= 15 is 0 Å². The van der Waals surface area contributed by atoms with Crippen molar-refractivity contribution < 1.29 is 23.9 Å². The third kappa shape index (κ3) is 2.06. The van der Waals surface area contributed by atoms with Crippen molar-refractivity contribution >= 4 is 35.1 Å². The van der Waals surface area contributed by atoms with Crippen LogP contribution in [0.2, 0.25) is 5.02 Å². The Morgan fingerprint density at radius 3 is 2.09 bits per heavy atom. The Kier molecular flexibility index (Phi) is 3.76. The first-order valence-electron chi connectivity index (χ1n) is 10.1. The van der Waals surface area contributed by atoms with E-state index in [0.29, 0.717) is 11.1 Å². The van der Waals surface area contributed by atoms with Crippen molar-refractivity contribution in [2.24, 2.45) is 11.8 Å². The summed E-state index contributed by atoms with van der Waals surface area (Å²) in [6.45, 7) is 0. The quantitative estimate of drug-likeness (QED) is 0.600. The fourth-order valence-electron chi connectivity index (χ4n) is 6.01. The highest BCUT2D eigenvalue weighted by atomic mass is 35.5. The Bertz CT molecular complexity index is 1320. The van der Waals surface area contributed by atoms with E-state index in [1.807, 2.05) is 24.3 Å². The highest BCUT2D eigenvalue weighted by Gasteiger charge is 2.71. The van der Waals surface area contributed by atoms with Crippen LogP contribution in [0.4, 0.5) is 10.1 Å². The molecule has 2 atom stereocenters. The first kappa shape index (κ1) is 19.2. The van der Waals surface area contributed by atoms with Gasteiger partial charge in [-0.2, -0.15) is 0 Å². The average molecular weight is 448 g/mol. The van der Waals surface area contributed by atoms with Gasteiger partial charge in [-0.3, -0.25) is 14.4 Å². The SMILES string of the molecule is O=C1[C@@H]2C3c4ccccc4C(C(=O)O)(c4ccccc43)[C@H]2C(=O)N1c1ccc(F)c(Cl)c1. The Hall–Kier alpha value is -3.51. The van der Waals surface area contributed by atoms with Gasteiger partial charge in [-0.15, -0.1) is 0 Å². The number of benzene rings is 3. The molecule has 0 unspecified atom stereocenters. The standard InChI is InChI=1S/C25H15ClFNO4/c26-17-11-12(9-10-18(17)27)28-22(29)20-19-13-5-1-3-7-15(13)25(24(31)32,21(20)23(28)30)16-8-4-2-6-14(16)19/h1-11,19-21H,(H,31,32)/t19?,20-,21-,25?/m1/s1. The fourth-order valence-corrected chi connectivity index (χ4v) is 6.19. The Labute approximate surface area is 187 Å². The minimum absolute atomic E-state index is 0.133. The van der Waals surface area contributed by atoms with E-state index in [1.165, 1.54) is 12.1 Å². The molecule has 0 radical (unpaired) electrons. The number of nitrogens with zero attached hydrogens (tertiary/aromatic N) is 1. The van der Waals surface area contributed by atoms with E-state index in [9.17, 15) is 23.9 Å². The number of halogens is 2. The number of carboxylic acid groups (broad SMARTS) is 1. The predicted molar refractivity (Wildman–Crippen MR) is 114 cm³/mol. The number of carbonyl (C=O) groups is 3. The second kappa shape index (κ2) is 6.26. The summed E-state index contributed by atoms with van der Waals surface area (Å²) in [6, 6.07) is 17.9. The van der Waals surface area contributed by atoms with Crippen molar-refractivity contribution in [1.82, 2.24) is 0 Å². The largest absolute Gasteiger partial charge is 0.480 e. The van der Waals surface area contributed by atoms with Crippen LogP contribution in [0.25, 0.3) is 0 Å². The monoisotopic (exact) mass is 447 g/mol. The minimum Gasteiger partial charge on any atom is -0.480 e. The second-order valence-corrected chi connectivity index (χ2v) is 8.79. The van der Waals surface area contributed by atoms with Gasteiger partial charge < -0.3 is 5.11 Å². The molecular formula is C25H15ClFNO4. The number of rotatable bonds is 2. The van der Waals surface area contributed by atoms with Gasteiger partial charge >= 0.3 is 5.97 Å². The molecule has 1 saturated heterocycles. The highest BCUT2D eigenvalue weighted by molar-refractivity contribution is 6.32. The molecule has 2 bridgehead atoms. The van der Waals surface area contributed by atoms with Gasteiger partial charge in [0.2, 0.25) is 11.8 Å². The van der Waals surface area contributed by atoms with Crippen molar-refractivity contribution in [2.75, 3.05) is 4.90 Å². The molecule has 1 heterocycles. The van der Waals surface area contributed by atoms with Crippen LogP contribution in [0, 0.1) is 17.7 Å². The average Bonchev–Trinajstić information content (AvgIpc) is 3.06. The van der Waals surface area contributed by atoms with Gasteiger partial charge in [-0.1, -0.05) is 60.1 Å². The predicted octanol–water partition coefficient (Wildman–Crippen LogP) is 4.11. The van der Waals surface area contributed by atoms with Crippen LogP contribution >= 0.6 is 11.6 Å². The molecule has 32 heavy (non-hydrogen) atoms. The molecule has 0 aromatic heterocycles. The van der Waals surface area contributed by atoms with E-state index in [1.54, 1.807) is 24.3 Å². The summed E-state index contributed by atoms with van der Waals surface area (Å²) in [6.07, 6.45) is 0. The Morgan fingerprint density at radius 1 is 0.938 bits per heavy atom. The zero-order valence-corrected chi connectivity index (χ0v) is 17.2. The van der Waals surface area contributed by atoms with Gasteiger partial charge in [-0.25, -0.2) is 9.29 Å². The van der Waals surface area contributed by atoms with Crippen LogP contribution in [0.5, 0.6) is 0 Å². The maximum atomic E-state index is 13.8. The van der Waals surface area contributed by atoms with Crippen LogP contribution in [-0.2, 0) is 19.8 Å². The molecule has 2 amide bonds. The van der Waals surface area contributed by atoms with Crippen LogP contribution in [0.3, 0.4) is 0 Å². The smallest absolute Gasteiger partial charge is 0.319 e. The van der Waals surface area contributed by atoms with E-state index in [2.05, 4.69) is 0 Å². The Balaban J connectivity index is 1.66. The molecule has 3 aliphatic carbocycles. The fraction of sp³-hybridized carbons (Fsp3) is 0.160. The molecule has 3 aromatic carbocycles. The van der Waals surface area contributed by atoms with Crippen molar-refractivity contribution in [1.29, 1.82) is 0 Å². The number of hydrogen-bond donors (Lipinski definition) is 1. The first-order chi connectivity index (χ1) is 15.4. The second-order valence-electron chi connectivity index (χ2n) is 8.38. The third-order valence-corrected chi connectivity index (χ3v) is 7.41. The molecule has 0 spiro atoms. The molecule has 7 heteroatoms. The van der Waals surface area contributed by atoms with Crippen molar-refractivity contribution in [3.8, 4) is 0 Å². The number of aliphatic carboxylic acids is 1. The van der Waals surface area contributed by atoms with Gasteiger partial charge in [0, 0.05) is 5.92 Å². The molecule has 1 fully saturated rings. The molecule has 1 aliphatic heterocycles. The van der Waals surface area contributed by atoms with Crippen molar-refractivity contribution in [3.63, 3.8) is 0 Å². The molecule has 0 saturated carbocycles. The number of carboxylic acids is 1. The highest BCUT2D eigenvalue weighted by Crippen LogP contribution is 2.64. The number of anilines is 1. The lowest BCUT2D eigenvalue weighted by Gasteiger charge is -2.51. The van der Waals surface area contributed by atoms with E-state index in [0.717, 1.165) is 22.1 Å². The minimum atomic E-state index is -1.70. The molecule has 4 aliphatic rings. The maximum Gasteiger partial charge on any atom is 0.319 e. The zero-order chi connectivity index (χ0) is 22.4. The number of imide groups is 1. The van der Waals surface area contributed by atoms with Crippen molar-refractivity contribution in [2.45, 2.75) is 11.3 Å². The van der Waals surface area contributed by atoms with Crippen LogP contribution < -0.4 is 4.90 Å². The normalized spacial score (nSPS) is 27.2. The number of amides is 2. The lowest BCUT2D eigenvalue weighted by atomic mass is 9.47. The van der Waals surface area contributed by atoms with Gasteiger partial charge in [0.15, 0.2) is 0 Å². The summed E-state index contributed by atoms with van der Waals surface area (Å²) in [5, 5.41) is 10.4. The van der Waals surface area contributed by atoms with E-state index < -0.39 is 46.8 Å². The van der Waals surface area contributed by atoms with E-state index in [4.69, 9.17) is 11.6 Å². The van der Waals surface area contributed by atoms with Crippen LogP contribution in [0.15, 0.2) is 66.7 Å². The lowest BCUT2D eigenvalue weighted by Crippen LogP contribution is -2.57. The Morgan fingerprint density at radius 2 is 1.53 bits per heavy atom. The molecule has 158 valence electrons. The molecule has 3 aromatic rings. The lowest BCUT2D eigenvalue weighted by molar-refractivity contribution is -0.149. The molecular weight excluding hydrogens is 433 g/mol. The summed E-state index contributed by atoms with van der Waals surface area (Å²) in [5.41, 5.74) is 1.01. The maximum absolute atomic E-state index is 13.8. The van der Waals surface area contributed by atoms with Gasteiger partial charge in [0.1, 0.15) is 11.2 Å². The topological polar surface area (TPSA) is 74.7 Å². The van der Waals surface area contributed by atoms with E-state index in [-0.39, 0.29) is 10.7 Å². The van der Waals surface area contributed by atoms with Crippen LogP contribution in [-0.4, -0.2) is 22.9 Å². The number of hydrogen-bond acceptors (Lipinski definition) is 3. The van der Waals surface area contributed by atoms with Gasteiger partial charge in [0.25, 0.3) is 0 Å². The van der Waals surface area contributed by atoms with Gasteiger partial charge in [0.05, 0.1) is 22.5 Å². The van der Waals surface area contributed by atoms with Gasteiger partial charge in [-0.05, 0) is 40.5 Å². The van der Waals surface area contributed by atoms with Crippen molar-refractivity contribution in [3.05, 3.63) is 99.8 Å². The third-order valence-electron chi connectivity index (χ3n) is 7.12. The van der Waals surface area contributed by atoms with Crippen LogP contribution in [0.1, 0.15) is 28.2 Å².